The van der Waals surface area contributed by atoms with E-state index in [1.165, 1.54) is 24.5 Å². The Morgan fingerprint density at radius 1 is 0.630 bits per heavy atom. The van der Waals surface area contributed by atoms with Crippen LogP contribution < -0.4 is 15.1 Å². The van der Waals surface area contributed by atoms with Crippen LogP contribution in [-0.2, 0) is 0 Å². The van der Waals surface area contributed by atoms with Crippen LogP contribution in [0, 0.1) is 0 Å². The highest BCUT2D eigenvalue weighted by Crippen LogP contribution is 2.14. The molecular formula is C22H33BrN4. The molecule has 0 amide bonds. The molecule has 0 unspecified atom stereocenters. The predicted molar refractivity (Wildman–Crippen MR) is 123 cm³/mol. The third-order valence-corrected chi connectivity index (χ3v) is 4.86. The molecule has 2 heterocycles. The summed E-state index contributed by atoms with van der Waals surface area (Å²) in [5.74, 6) is 1.81. The number of hydrogen-bond donors (Lipinski definition) is 1. The summed E-state index contributed by atoms with van der Waals surface area (Å²) in [6.45, 7) is 9.13. The molecular weight excluding hydrogens is 400 g/mol. The standard InChI is InChI=1S/C11H16N2.C10H14N2.CH3Br/c1-12-7-9-13(10-8-12)11-5-3-2-4-6-11;1-2-4-10(5-3-1)12-8-6-11-7-9-12;1-2/h2-6H,7-10H2,1H3;1-5,11H,6-9H2;1H3. The number of anilines is 2. The largest absolute Gasteiger partial charge is 0.369 e. The van der Waals surface area contributed by atoms with Crippen LogP contribution in [0.5, 0.6) is 0 Å². The van der Waals surface area contributed by atoms with E-state index < -0.39 is 0 Å². The minimum atomic E-state index is 1.11. The van der Waals surface area contributed by atoms with Gasteiger partial charge in [0.1, 0.15) is 0 Å². The quantitative estimate of drug-likeness (QED) is 0.732. The maximum Gasteiger partial charge on any atom is 0.0367 e. The van der Waals surface area contributed by atoms with E-state index in [1.807, 2.05) is 5.83 Å². The van der Waals surface area contributed by atoms with Crippen LogP contribution >= 0.6 is 15.9 Å². The molecule has 1 N–H and O–H groups in total. The summed E-state index contributed by atoms with van der Waals surface area (Å²) in [4.78, 5) is 7.23. The highest BCUT2D eigenvalue weighted by atomic mass is 79.9. The first-order chi connectivity index (χ1) is 13.3. The number of nitrogens with one attached hydrogen (secondary N) is 1. The van der Waals surface area contributed by atoms with Crippen molar-refractivity contribution in [3.8, 4) is 0 Å². The van der Waals surface area contributed by atoms with Gasteiger partial charge in [-0.2, -0.15) is 0 Å². The second kappa shape index (κ2) is 12.8. The van der Waals surface area contributed by atoms with Crippen molar-refractivity contribution in [2.45, 2.75) is 0 Å². The molecule has 0 aliphatic carbocycles. The Morgan fingerprint density at radius 2 is 1.04 bits per heavy atom. The number of rotatable bonds is 2. The van der Waals surface area contributed by atoms with Crippen LogP contribution in [0.15, 0.2) is 60.7 Å². The average Bonchev–Trinajstić information content (AvgIpc) is 2.78. The summed E-state index contributed by atoms with van der Waals surface area (Å²) in [7, 11) is 2.18. The molecule has 2 aliphatic rings. The second-order valence-corrected chi connectivity index (χ2v) is 6.70. The zero-order valence-corrected chi connectivity index (χ0v) is 18.2. The van der Waals surface area contributed by atoms with Crippen molar-refractivity contribution in [1.82, 2.24) is 10.2 Å². The van der Waals surface area contributed by atoms with E-state index in [9.17, 15) is 0 Å². The Morgan fingerprint density at radius 3 is 1.48 bits per heavy atom. The summed E-state index contributed by atoms with van der Waals surface area (Å²) in [5, 5.41) is 3.34. The van der Waals surface area contributed by atoms with Gasteiger partial charge in [0.05, 0.1) is 0 Å². The monoisotopic (exact) mass is 432 g/mol. The molecule has 2 aromatic rings. The number of nitrogens with zero attached hydrogens (tertiary/aromatic N) is 3. The van der Waals surface area contributed by atoms with Crippen LogP contribution in [0.1, 0.15) is 0 Å². The minimum Gasteiger partial charge on any atom is -0.369 e. The Bertz CT molecular complexity index is 594. The van der Waals surface area contributed by atoms with Gasteiger partial charge in [-0.1, -0.05) is 52.3 Å². The lowest BCUT2D eigenvalue weighted by atomic mass is 10.2. The molecule has 0 spiro atoms. The Balaban J connectivity index is 0.000000178. The van der Waals surface area contributed by atoms with Crippen LogP contribution in [0.2, 0.25) is 0 Å². The number of likely N-dealkylation sites (N-methyl/N-ethyl adjacent to an activating group) is 1. The zero-order valence-electron chi connectivity index (χ0n) is 16.6. The maximum absolute atomic E-state index is 3.34. The van der Waals surface area contributed by atoms with Gasteiger partial charge in [0, 0.05) is 63.7 Å². The molecule has 4 rings (SSSR count). The number of para-hydroxylation sites is 2. The molecule has 0 bridgehead atoms. The summed E-state index contributed by atoms with van der Waals surface area (Å²) in [6, 6.07) is 21.2. The van der Waals surface area contributed by atoms with Crippen molar-refractivity contribution in [3.63, 3.8) is 0 Å². The molecule has 148 valence electrons. The van der Waals surface area contributed by atoms with Crippen molar-refractivity contribution >= 4 is 27.3 Å². The van der Waals surface area contributed by atoms with E-state index in [0.29, 0.717) is 0 Å². The fraction of sp³-hybridized carbons (Fsp3) is 0.455. The van der Waals surface area contributed by atoms with Crippen molar-refractivity contribution in [1.29, 1.82) is 0 Å². The van der Waals surface area contributed by atoms with E-state index in [-0.39, 0.29) is 0 Å². The van der Waals surface area contributed by atoms with Gasteiger partial charge in [0.2, 0.25) is 0 Å². The topological polar surface area (TPSA) is 21.8 Å². The normalized spacial score (nSPS) is 17.3. The lowest BCUT2D eigenvalue weighted by Gasteiger charge is -2.33. The lowest BCUT2D eigenvalue weighted by molar-refractivity contribution is 0.313. The molecule has 4 nitrogen and oxygen atoms in total. The number of piperazine rings is 2. The van der Waals surface area contributed by atoms with Crippen LogP contribution in [-0.4, -0.2) is 70.1 Å². The highest BCUT2D eigenvalue weighted by Gasteiger charge is 2.13. The van der Waals surface area contributed by atoms with Crippen LogP contribution in [0.3, 0.4) is 0 Å². The Hall–Kier alpha value is -1.56. The van der Waals surface area contributed by atoms with Gasteiger partial charge in [-0.3, -0.25) is 0 Å². The van der Waals surface area contributed by atoms with Gasteiger partial charge in [-0.15, -0.1) is 0 Å². The number of halogens is 1. The van der Waals surface area contributed by atoms with Gasteiger partial charge in [0.25, 0.3) is 0 Å². The molecule has 0 radical (unpaired) electrons. The Labute approximate surface area is 173 Å². The van der Waals surface area contributed by atoms with Gasteiger partial charge in [-0.05, 0) is 37.1 Å². The third kappa shape index (κ3) is 7.53. The second-order valence-electron chi connectivity index (χ2n) is 6.70. The smallest absolute Gasteiger partial charge is 0.0367 e. The first kappa shape index (κ1) is 21.7. The number of hydrogen-bond acceptors (Lipinski definition) is 4. The van der Waals surface area contributed by atoms with Crippen molar-refractivity contribution in [2.75, 3.05) is 75.0 Å². The van der Waals surface area contributed by atoms with E-state index in [1.54, 1.807) is 0 Å². The van der Waals surface area contributed by atoms with Gasteiger partial charge in [0.15, 0.2) is 0 Å². The first-order valence-corrected chi connectivity index (χ1v) is 11.3. The average molecular weight is 433 g/mol. The van der Waals surface area contributed by atoms with Gasteiger partial charge >= 0.3 is 0 Å². The predicted octanol–water partition coefficient (Wildman–Crippen LogP) is 3.55. The van der Waals surface area contributed by atoms with Crippen molar-refractivity contribution in [3.05, 3.63) is 60.7 Å². The number of alkyl halides is 1. The van der Waals surface area contributed by atoms with Crippen molar-refractivity contribution in [2.24, 2.45) is 0 Å². The lowest BCUT2D eigenvalue weighted by Crippen LogP contribution is -2.44. The molecule has 2 aromatic carbocycles. The first-order valence-electron chi connectivity index (χ1n) is 9.70. The molecule has 0 aromatic heterocycles. The summed E-state index contributed by atoms with van der Waals surface area (Å²) in [5.41, 5.74) is 2.70. The van der Waals surface area contributed by atoms with E-state index in [0.717, 1.165) is 39.3 Å². The van der Waals surface area contributed by atoms with E-state index in [4.69, 9.17) is 0 Å². The van der Waals surface area contributed by atoms with Crippen LogP contribution in [0.4, 0.5) is 11.4 Å². The summed E-state index contributed by atoms with van der Waals surface area (Å²) < 4.78 is 0. The van der Waals surface area contributed by atoms with Gasteiger partial charge < -0.3 is 20.0 Å². The fourth-order valence-electron chi connectivity index (χ4n) is 3.27. The molecule has 2 aliphatic heterocycles. The van der Waals surface area contributed by atoms with Crippen molar-refractivity contribution < 1.29 is 0 Å². The third-order valence-electron chi connectivity index (χ3n) is 4.86. The zero-order chi connectivity index (χ0) is 19.3. The van der Waals surface area contributed by atoms with E-state index >= 15 is 0 Å². The van der Waals surface area contributed by atoms with Gasteiger partial charge in [-0.25, -0.2) is 0 Å². The molecule has 5 heteroatoms. The minimum absolute atomic E-state index is 1.11. The molecule has 2 fully saturated rings. The molecule has 0 saturated carbocycles. The molecule has 0 atom stereocenters. The Kier molecular flexibility index (Phi) is 10.3. The molecule has 2 saturated heterocycles. The fourth-order valence-corrected chi connectivity index (χ4v) is 3.27. The summed E-state index contributed by atoms with van der Waals surface area (Å²) in [6.07, 6.45) is 0. The highest BCUT2D eigenvalue weighted by molar-refractivity contribution is 9.08. The SMILES string of the molecule is CBr.CN1CCN(c2ccccc2)CC1.c1ccc(N2CCNCC2)cc1. The van der Waals surface area contributed by atoms with Crippen LogP contribution in [0.25, 0.3) is 0 Å². The van der Waals surface area contributed by atoms with E-state index in [2.05, 4.69) is 104 Å². The number of benzene rings is 2. The maximum atomic E-state index is 3.34. The molecule has 27 heavy (non-hydrogen) atoms. The summed E-state index contributed by atoms with van der Waals surface area (Å²) >= 11 is 2.94.